The lowest BCUT2D eigenvalue weighted by Gasteiger charge is -2.46. The van der Waals surface area contributed by atoms with Crippen LogP contribution in [-0.2, 0) is 6.42 Å². The van der Waals surface area contributed by atoms with Crippen molar-refractivity contribution in [3.8, 4) is 0 Å². The first-order valence-corrected chi connectivity index (χ1v) is 9.60. The van der Waals surface area contributed by atoms with Crippen LogP contribution < -0.4 is 4.90 Å². The fourth-order valence-electron chi connectivity index (χ4n) is 3.02. The lowest BCUT2D eigenvalue weighted by Crippen LogP contribution is -2.62. The summed E-state index contributed by atoms with van der Waals surface area (Å²) in [7, 11) is 0. The minimum atomic E-state index is 0.0818. The molecule has 2 unspecified atom stereocenters. The molecule has 2 amide bonds. The largest absolute Gasteiger partial charge is 0.327 e. The molecule has 1 aromatic heterocycles. The van der Waals surface area contributed by atoms with Gasteiger partial charge in [-0.15, -0.1) is 6.58 Å². The zero-order valence-corrected chi connectivity index (χ0v) is 16.4. The van der Waals surface area contributed by atoms with Gasteiger partial charge in [0.25, 0.3) is 0 Å². The highest BCUT2D eigenvalue weighted by atomic mass is 32.1. The van der Waals surface area contributed by atoms with E-state index in [1.54, 1.807) is 0 Å². The minimum absolute atomic E-state index is 0.0818. The standard InChI is InChI=1S/C18H30N4OS/c1-7-10-14(5)21-11-20(13(4)8-2)12-22(18(21)23)17-15(6)16(9-3)19-24-17/h7,13-14H,1,8-12H2,2-6H3. The van der Waals surface area contributed by atoms with Crippen LogP contribution in [-0.4, -0.2) is 45.6 Å². The molecule has 0 bridgehead atoms. The minimum Gasteiger partial charge on any atom is -0.308 e. The molecule has 1 fully saturated rings. The van der Waals surface area contributed by atoms with Gasteiger partial charge >= 0.3 is 6.03 Å². The van der Waals surface area contributed by atoms with Gasteiger partial charge in [-0.05, 0) is 51.6 Å². The van der Waals surface area contributed by atoms with Gasteiger partial charge in [0.05, 0.1) is 19.0 Å². The number of aryl methyl sites for hydroxylation is 1. The molecule has 0 spiro atoms. The van der Waals surface area contributed by atoms with Crippen LogP contribution in [0.3, 0.4) is 0 Å². The lowest BCUT2D eigenvalue weighted by molar-refractivity contribution is 0.0694. The quantitative estimate of drug-likeness (QED) is 0.691. The van der Waals surface area contributed by atoms with Crippen LogP contribution in [0.25, 0.3) is 0 Å². The Balaban J connectivity index is 2.34. The zero-order chi connectivity index (χ0) is 17.9. The number of urea groups is 1. The first-order chi connectivity index (χ1) is 11.4. The Morgan fingerprint density at radius 2 is 2.00 bits per heavy atom. The van der Waals surface area contributed by atoms with Crippen LogP contribution in [0.4, 0.5) is 9.80 Å². The fraction of sp³-hybridized carbons (Fsp3) is 0.667. The molecule has 0 aliphatic carbocycles. The van der Waals surface area contributed by atoms with Crippen LogP contribution in [0.15, 0.2) is 12.7 Å². The van der Waals surface area contributed by atoms with E-state index in [0.717, 1.165) is 35.5 Å². The van der Waals surface area contributed by atoms with Crippen LogP contribution in [0.1, 0.15) is 51.8 Å². The maximum absolute atomic E-state index is 13.1. The summed E-state index contributed by atoms with van der Waals surface area (Å²) in [6.45, 7) is 15.8. The summed E-state index contributed by atoms with van der Waals surface area (Å²) in [6.07, 6.45) is 4.65. The normalized spacial score (nSPS) is 18.8. The number of carbonyl (C=O) groups excluding carboxylic acids is 1. The van der Waals surface area contributed by atoms with Crippen molar-refractivity contribution in [1.82, 2.24) is 14.2 Å². The van der Waals surface area contributed by atoms with Gasteiger partial charge in [-0.25, -0.2) is 4.79 Å². The van der Waals surface area contributed by atoms with Crippen LogP contribution in [0.5, 0.6) is 0 Å². The number of hydrogen-bond acceptors (Lipinski definition) is 4. The third-order valence-electron chi connectivity index (χ3n) is 4.96. The molecule has 1 aromatic rings. The van der Waals surface area contributed by atoms with E-state index in [1.165, 1.54) is 11.5 Å². The fourth-order valence-corrected chi connectivity index (χ4v) is 3.97. The Bertz CT molecular complexity index is 586. The monoisotopic (exact) mass is 350 g/mol. The van der Waals surface area contributed by atoms with Crippen LogP contribution >= 0.6 is 11.5 Å². The molecule has 134 valence electrons. The molecule has 6 heteroatoms. The van der Waals surface area contributed by atoms with Gasteiger partial charge in [0, 0.05) is 17.6 Å². The molecule has 0 N–H and O–H groups in total. The number of nitrogens with zero attached hydrogens (tertiary/aromatic N) is 4. The number of anilines is 1. The molecular formula is C18H30N4OS. The van der Waals surface area contributed by atoms with E-state index in [2.05, 4.69) is 50.5 Å². The summed E-state index contributed by atoms with van der Waals surface area (Å²) in [6, 6.07) is 0.652. The Morgan fingerprint density at radius 1 is 1.29 bits per heavy atom. The predicted molar refractivity (Wildman–Crippen MR) is 102 cm³/mol. The van der Waals surface area contributed by atoms with E-state index >= 15 is 0 Å². The van der Waals surface area contributed by atoms with E-state index in [4.69, 9.17) is 0 Å². The first kappa shape index (κ1) is 18.9. The molecule has 2 atom stereocenters. The van der Waals surface area contributed by atoms with Crippen molar-refractivity contribution in [3.63, 3.8) is 0 Å². The smallest absolute Gasteiger partial charge is 0.308 e. The van der Waals surface area contributed by atoms with Crippen molar-refractivity contribution in [3.05, 3.63) is 23.9 Å². The SMILES string of the molecule is C=CCC(C)N1CN(C(C)CC)CN(c2snc(CC)c2C)C1=O. The Morgan fingerprint density at radius 3 is 2.54 bits per heavy atom. The molecule has 24 heavy (non-hydrogen) atoms. The van der Waals surface area contributed by atoms with Gasteiger partial charge in [0.15, 0.2) is 0 Å². The average Bonchev–Trinajstić information content (AvgIpc) is 2.95. The number of amides is 2. The molecule has 2 rings (SSSR count). The first-order valence-electron chi connectivity index (χ1n) is 8.82. The zero-order valence-electron chi connectivity index (χ0n) is 15.6. The predicted octanol–water partition coefficient (Wildman–Crippen LogP) is 4.24. The van der Waals surface area contributed by atoms with Crippen molar-refractivity contribution in [1.29, 1.82) is 0 Å². The molecular weight excluding hydrogens is 320 g/mol. The van der Waals surface area contributed by atoms with Crippen molar-refractivity contribution < 1.29 is 4.79 Å². The Kier molecular flexibility index (Phi) is 6.40. The second-order valence-corrected chi connectivity index (χ2v) is 7.35. The molecule has 0 aromatic carbocycles. The highest BCUT2D eigenvalue weighted by Crippen LogP contribution is 2.32. The molecule has 0 radical (unpaired) electrons. The van der Waals surface area contributed by atoms with Crippen LogP contribution in [0, 0.1) is 6.92 Å². The van der Waals surface area contributed by atoms with E-state index in [0.29, 0.717) is 19.4 Å². The van der Waals surface area contributed by atoms with Gasteiger partial charge < -0.3 is 4.90 Å². The number of aromatic nitrogens is 1. The van der Waals surface area contributed by atoms with E-state index in [9.17, 15) is 4.79 Å². The summed E-state index contributed by atoms with van der Waals surface area (Å²) >= 11 is 1.44. The number of carbonyl (C=O) groups is 1. The van der Waals surface area contributed by atoms with E-state index in [-0.39, 0.29) is 12.1 Å². The third kappa shape index (κ3) is 3.64. The highest BCUT2D eigenvalue weighted by molar-refractivity contribution is 7.10. The van der Waals surface area contributed by atoms with Gasteiger partial charge in [-0.1, -0.05) is 19.9 Å². The summed E-state index contributed by atoms with van der Waals surface area (Å²) in [5, 5.41) is 0.987. The van der Waals surface area contributed by atoms with E-state index in [1.807, 2.05) is 15.9 Å². The van der Waals surface area contributed by atoms with E-state index < -0.39 is 0 Å². The lowest BCUT2D eigenvalue weighted by atomic mass is 10.1. The maximum Gasteiger partial charge on any atom is 0.327 e. The second-order valence-electron chi connectivity index (χ2n) is 6.60. The summed E-state index contributed by atoms with van der Waals surface area (Å²) in [5.41, 5.74) is 2.23. The second kappa shape index (κ2) is 8.12. The van der Waals surface area contributed by atoms with Gasteiger partial charge in [0.2, 0.25) is 0 Å². The summed E-state index contributed by atoms with van der Waals surface area (Å²) in [5.74, 6) is 0. The molecule has 1 aliphatic heterocycles. The van der Waals surface area contributed by atoms with Crippen molar-refractivity contribution in [2.75, 3.05) is 18.2 Å². The molecule has 0 saturated carbocycles. The number of rotatable bonds is 7. The molecule has 5 nitrogen and oxygen atoms in total. The highest BCUT2D eigenvalue weighted by Gasteiger charge is 2.36. The summed E-state index contributed by atoms with van der Waals surface area (Å²) < 4.78 is 4.53. The third-order valence-corrected chi connectivity index (χ3v) is 5.97. The van der Waals surface area contributed by atoms with Crippen molar-refractivity contribution in [2.45, 2.75) is 66.0 Å². The van der Waals surface area contributed by atoms with Gasteiger partial charge in [-0.2, -0.15) is 4.37 Å². The summed E-state index contributed by atoms with van der Waals surface area (Å²) in [4.78, 5) is 19.3. The van der Waals surface area contributed by atoms with Crippen molar-refractivity contribution in [2.24, 2.45) is 0 Å². The maximum atomic E-state index is 13.1. The number of hydrogen-bond donors (Lipinski definition) is 0. The average molecular weight is 351 g/mol. The topological polar surface area (TPSA) is 39.7 Å². The molecule has 1 aliphatic rings. The molecule has 2 heterocycles. The van der Waals surface area contributed by atoms with Gasteiger partial charge in [-0.3, -0.25) is 9.80 Å². The van der Waals surface area contributed by atoms with Crippen molar-refractivity contribution >= 4 is 22.6 Å². The van der Waals surface area contributed by atoms with Crippen LogP contribution in [0.2, 0.25) is 0 Å². The molecule has 1 saturated heterocycles. The Labute approximate surface area is 150 Å². The van der Waals surface area contributed by atoms with Gasteiger partial charge in [0.1, 0.15) is 5.00 Å². The Hall–Kier alpha value is -1.40.